The van der Waals surface area contributed by atoms with E-state index in [0.717, 1.165) is 0 Å². The molecule has 7 nitrogen and oxygen atoms in total. The summed E-state index contributed by atoms with van der Waals surface area (Å²) in [7, 11) is 1.48. The highest BCUT2D eigenvalue weighted by molar-refractivity contribution is 5.99. The number of carbonyl (C=O) groups is 2. The zero-order valence-electron chi connectivity index (χ0n) is 12.3. The number of piperidine rings is 1. The Balaban J connectivity index is 2.24. The van der Waals surface area contributed by atoms with Gasteiger partial charge in [0.25, 0.3) is 5.56 Å². The fourth-order valence-corrected chi connectivity index (χ4v) is 2.79. The number of benzene rings is 1. The van der Waals surface area contributed by atoms with Crippen LogP contribution in [0.15, 0.2) is 23.0 Å². The van der Waals surface area contributed by atoms with Crippen LogP contribution in [0.5, 0.6) is 5.75 Å². The lowest BCUT2D eigenvalue weighted by atomic mass is 10.1. The maximum absolute atomic E-state index is 12.8. The molecule has 1 atom stereocenters. The predicted octanol–water partition coefficient (Wildman–Crippen LogP) is 0.691. The second-order valence-corrected chi connectivity index (χ2v) is 5.16. The Labute approximate surface area is 125 Å². The molecule has 1 saturated heterocycles. The van der Waals surface area contributed by atoms with Crippen LogP contribution in [0.1, 0.15) is 24.7 Å². The molecule has 1 N–H and O–H groups in total. The third-order valence-corrected chi connectivity index (χ3v) is 3.81. The van der Waals surface area contributed by atoms with Crippen molar-refractivity contribution in [1.82, 2.24) is 14.9 Å². The van der Waals surface area contributed by atoms with Crippen LogP contribution in [0, 0.1) is 6.92 Å². The van der Waals surface area contributed by atoms with E-state index in [2.05, 4.69) is 10.3 Å². The quantitative estimate of drug-likeness (QED) is 0.824. The Hall–Kier alpha value is -2.70. The highest BCUT2D eigenvalue weighted by Gasteiger charge is 2.30. The SMILES string of the molecule is COc1cccc2nc(C)n(C3CCC(=O)NC3=O)c(=O)c12. The first-order chi connectivity index (χ1) is 10.5. The monoisotopic (exact) mass is 301 g/mol. The number of rotatable bonds is 2. The van der Waals surface area contributed by atoms with Gasteiger partial charge < -0.3 is 4.74 Å². The van der Waals surface area contributed by atoms with Crippen molar-refractivity contribution in [2.24, 2.45) is 0 Å². The number of aromatic nitrogens is 2. The standard InChI is InChI=1S/C15H15N3O4/c1-8-16-9-4-3-5-11(22-2)13(9)15(21)18(8)10-6-7-12(19)17-14(10)20/h3-5,10H,6-7H2,1-2H3,(H,17,19,20). The summed E-state index contributed by atoms with van der Waals surface area (Å²) in [6.07, 6.45) is 0.486. The molecule has 3 rings (SSSR count). The van der Waals surface area contributed by atoms with Crippen LogP contribution in [0.25, 0.3) is 10.9 Å². The number of ether oxygens (including phenoxy) is 1. The first kappa shape index (κ1) is 14.2. The Morgan fingerprint density at radius 3 is 2.77 bits per heavy atom. The van der Waals surface area contributed by atoms with E-state index >= 15 is 0 Å². The zero-order valence-corrected chi connectivity index (χ0v) is 12.3. The molecule has 1 aromatic carbocycles. The normalized spacial score (nSPS) is 18.4. The molecule has 2 heterocycles. The van der Waals surface area contributed by atoms with E-state index in [1.165, 1.54) is 11.7 Å². The summed E-state index contributed by atoms with van der Waals surface area (Å²) in [6, 6.07) is 4.42. The van der Waals surface area contributed by atoms with Crippen molar-refractivity contribution in [2.45, 2.75) is 25.8 Å². The molecular weight excluding hydrogens is 286 g/mol. The van der Waals surface area contributed by atoms with Crippen molar-refractivity contribution in [3.05, 3.63) is 34.4 Å². The number of carbonyl (C=O) groups excluding carboxylic acids is 2. The van der Waals surface area contributed by atoms with Crippen molar-refractivity contribution in [3.8, 4) is 5.75 Å². The molecule has 0 aliphatic carbocycles. The number of imide groups is 1. The molecule has 1 unspecified atom stereocenters. The first-order valence-electron chi connectivity index (χ1n) is 6.92. The maximum atomic E-state index is 12.8. The Morgan fingerprint density at radius 2 is 2.09 bits per heavy atom. The summed E-state index contributed by atoms with van der Waals surface area (Å²) >= 11 is 0. The van der Waals surface area contributed by atoms with Gasteiger partial charge in [0.2, 0.25) is 11.8 Å². The molecule has 0 saturated carbocycles. The van der Waals surface area contributed by atoms with Crippen molar-refractivity contribution < 1.29 is 14.3 Å². The highest BCUT2D eigenvalue weighted by Crippen LogP contribution is 2.24. The molecule has 1 aromatic heterocycles. The van der Waals surface area contributed by atoms with E-state index in [-0.39, 0.29) is 24.3 Å². The minimum absolute atomic E-state index is 0.201. The molecule has 0 bridgehead atoms. The van der Waals surface area contributed by atoms with Crippen molar-refractivity contribution in [2.75, 3.05) is 7.11 Å². The second kappa shape index (κ2) is 5.25. The van der Waals surface area contributed by atoms with Crippen LogP contribution < -0.4 is 15.6 Å². The zero-order chi connectivity index (χ0) is 15.9. The number of hydrogen-bond donors (Lipinski definition) is 1. The van der Waals surface area contributed by atoms with E-state index in [1.807, 2.05) is 0 Å². The molecule has 1 fully saturated rings. The minimum Gasteiger partial charge on any atom is -0.496 e. The predicted molar refractivity (Wildman–Crippen MR) is 78.7 cm³/mol. The summed E-state index contributed by atoms with van der Waals surface area (Å²) in [5, 5.41) is 2.60. The Bertz CT molecular complexity index is 841. The molecule has 22 heavy (non-hydrogen) atoms. The lowest BCUT2D eigenvalue weighted by Gasteiger charge is -2.24. The lowest BCUT2D eigenvalue weighted by Crippen LogP contribution is -2.45. The molecule has 0 radical (unpaired) electrons. The number of nitrogens with zero attached hydrogens (tertiary/aromatic N) is 2. The molecule has 1 aliphatic heterocycles. The van der Waals surface area contributed by atoms with Crippen LogP contribution in [-0.4, -0.2) is 28.5 Å². The maximum Gasteiger partial charge on any atom is 0.265 e. The molecule has 2 aromatic rings. The molecule has 114 valence electrons. The summed E-state index contributed by atoms with van der Waals surface area (Å²) < 4.78 is 6.57. The van der Waals surface area contributed by atoms with Gasteiger partial charge in [0.05, 0.1) is 12.6 Å². The Morgan fingerprint density at radius 1 is 1.32 bits per heavy atom. The average molecular weight is 301 g/mol. The van der Waals surface area contributed by atoms with Crippen LogP contribution in [-0.2, 0) is 9.59 Å². The number of amides is 2. The summed E-state index contributed by atoms with van der Waals surface area (Å²) in [5.41, 5.74) is 0.180. The van der Waals surface area contributed by atoms with Crippen molar-refractivity contribution in [1.29, 1.82) is 0 Å². The van der Waals surface area contributed by atoms with Gasteiger partial charge >= 0.3 is 0 Å². The van der Waals surface area contributed by atoms with Gasteiger partial charge in [-0.15, -0.1) is 0 Å². The van der Waals surface area contributed by atoms with Gasteiger partial charge in [-0.1, -0.05) is 6.07 Å². The van der Waals surface area contributed by atoms with Crippen LogP contribution in [0.2, 0.25) is 0 Å². The van der Waals surface area contributed by atoms with Gasteiger partial charge in [0.15, 0.2) is 0 Å². The van der Waals surface area contributed by atoms with Gasteiger partial charge in [-0.25, -0.2) is 4.98 Å². The largest absolute Gasteiger partial charge is 0.496 e. The van der Waals surface area contributed by atoms with Crippen molar-refractivity contribution in [3.63, 3.8) is 0 Å². The average Bonchev–Trinajstić information content (AvgIpc) is 2.48. The lowest BCUT2D eigenvalue weighted by molar-refractivity contribution is -0.135. The summed E-state index contributed by atoms with van der Waals surface area (Å²) in [5.74, 6) is 0.0482. The van der Waals surface area contributed by atoms with E-state index in [9.17, 15) is 14.4 Å². The van der Waals surface area contributed by atoms with Crippen LogP contribution in [0.4, 0.5) is 0 Å². The van der Waals surface area contributed by atoms with Crippen LogP contribution in [0.3, 0.4) is 0 Å². The molecule has 2 amide bonds. The molecular formula is C15H15N3O4. The van der Waals surface area contributed by atoms with Crippen molar-refractivity contribution >= 4 is 22.7 Å². The fourth-order valence-electron chi connectivity index (χ4n) is 2.79. The van der Waals surface area contributed by atoms with Gasteiger partial charge in [-0.2, -0.15) is 0 Å². The Kier molecular flexibility index (Phi) is 3.40. The first-order valence-corrected chi connectivity index (χ1v) is 6.92. The van der Waals surface area contributed by atoms with Crippen LogP contribution >= 0.6 is 0 Å². The minimum atomic E-state index is -0.730. The van der Waals surface area contributed by atoms with E-state index in [4.69, 9.17) is 4.74 Å². The topological polar surface area (TPSA) is 90.3 Å². The fraction of sp³-hybridized carbons (Fsp3) is 0.333. The third-order valence-electron chi connectivity index (χ3n) is 3.81. The van der Waals surface area contributed by atoms with Gasteiger partial charge in [0.1, 0.15) is 23.0 Å². The van der Waals surface area contributed by atoms with Gasteiger partial charge in [-0.3, -0.25) is 24.3 Å². The second-order valence-electron chi connectivity index (χ2n) is 5.16. The van der Waals surface area contributed by atoms with E-state index in [0.29, 0.717) is 22.5 Å². The summed E-state index contributed by atoms with van der Waals surface area (Å²) in [6.45, 7) is 1.67. The number of hydrogen-bond acceptors (Lipinski definition) is 5. The summed E-state index contributed by atoms with van der Waals surface area (Å²) in [4.78, 5) is 40.6. The molecule has 0 spiro atoms. The number of aryl methyl sites for hydroxylation is 1. The highest BCUT2D eigenvalue weighted by atomic mass is 16.5. The number of fused-ring (bicyclic) bond motifs is 1. The molecule has 7 heteroatoms. The number of nitrogens with one attached hydrogen (secondary N) is 1. The van der Waals surface area contributed by atoms with E-state index in [1.54, 1.807) is 25.1 Å². The smallest absolute Gasteiger partial charge is 0.265 e. The third kappa shape index (κ3) is 2.14. The van der Waals surface area contributed by atoms with Gasteiger partial charge in [-0.05, 0) is 25.5 Å². The van der Waals surface area contributed by atoms with E-state index < -0.39 is 11.9 Å². The number of methoxy groups -OCH3 is 1. The van der Waals surface area contributed by atoms with Gasteiger partial charge in [0, 0.05) is 6.42 Å². The molecule has 1 aliphatic rings.